The number of hydrogen-bond donors (Lipinski definition) is 1. The molecule has 3 heterocycles. The summed E-state index contributed by atoms with van der Waals surface area (Å²) in [5.74, 6) is 1.17. The molecular formula is C17H16N4O2. The van der Waals surface area contributed by atoms with Crippen molar-refractivity contribution in [1.82, 2.24) is 20.3 Å². The molecule has 116 valence electrons. The van der Waals surface area contributed by atoms with Crippen LogP contribution >= 0.6 is 0 Å². The van der Waals surface area contributed by atoms with Gasteiger partial charge in [0.05, 0.1) is 29.8 Å². The Kier molecular flexibility index (Phi) is 4.14. The van der Waals surface area contributed by atoms with E-state index >= 15 is 0 Å². The summed E-state index contributed by atoms with van der Waals surface area (Å²) < 4.78 is 5.31. The largest absolute Gasteiger partial charge is 0.463 e. The highest BCUT2D eigenvalue weighted by molar-refractivity contribution is 5.95. The van der Waals surface area contributed by atoms with Gasteiger partial charge in [-0.1, -0.05) is 0 Å². The first kappa shape index (κ1) is 14.9. The molecule has 0 bridgehead atoms. The van der Waals surface area contributed by atoms with Gasteiger partial charge in [-0.15, -0.1) is 0 Å². The molecule has 0 aliphatic heterocycles. The molecule has 1 amide bonds. The zero-order valence-electron chi connectivity index (χ0n) is 12.9. The molecule has 0 spiro atoms. The molecule has 3 aromatic rings. The number of rotatable bonds is 4. The van der Waals surface area contributed by atoms with Crippen molar-refractivity contribution >= 4 is 5.91 Å². The van der Waals surface area contributed by atoms with Crippen LogP contribution in [0.25, 0.3) is 11.5 Å². The van der Waals surface area contributed by atoms with Crippen LogP contribution in [0.3, 0.4) is 0 Å². The molecule has 0 radical (unpaired) electrons. The van der Waals surface area contributed by atoms with Crippen LogP contribution in [-0.2, 0) is 6.54 Å². The van der Waals surface area contributed by atoms with Crippen molar-refractivity contribution in [3.8, 4) is 11.5 Å². The zero-order chi connectivity index (χ0) is 16.2. The van der Waals surface area contributed by atoms with Gasteiger partial charge in [0.1, 0.15) is 11.5 Å². The SMILES string of the molecule is Cc1nccc(CNC(=O)c2ccc(-c3ccco3)nc2C)n1. The van der Waals surface area contributed by atoms with Crippen molar-refractivity contribution in [1.29, 1.82) is 0 Å². The van der Waals surface area contributed by atoms with Gasteiger partial charge in [0.2, 0.25) is 0 Å². The lowest BCUT2D eigenvalue weighted by Crippen LogP contribution is -2.24. The van der Waals surface area contributed by atoms with E-state index in [1.54, 1.807) is 43.6 Å². The zero-order valence-corrected chi connectivity index (χ0v) is 12.9. The first-order chi connectivity index (χ1) is 11.1. The van der Waals surface area contributed by atoms with Gasteiger partial charge in [0.25, 0.3) is 5.91 Å². The number of pyridine rings is 1. The molecular weight excluding hydrogens is 292 g/mol. The van der Waals surface area contributed by atoms with E-state index < -0.39 is 0 Å². The van der Waals surface area contributed by atoms with Crippen LogP contribution in [0.5, 0.6) is 0 Å². The fraction of sp³-hybridized carbons (Fsp3) is 0.176. The van der Waals surface area contributed by atoms with Crippen LogP contribution in [-0.4, -0.2) is 20.9 Å². The van der Waals surface area contributed by atoms with E-state index in [9.17, 15) is 4.79 Å². The predicted octanol–water partition coefficient (Wildman–Crippen LogP) is 2.68. The molecule has 0 aliphatic rings. The molecule has 3 rings (SSSR count). The minimum atomic E-state index is -0.183. The molecule has 0 unspecified atom stereocenters. The van der Waals surface area contributed by atoms with Crippen LogP contribution in [0, 0.1) is 13.8 Å². The maximum Gasteiger partial charge on any atom is 0.253 e. The molecule has 6 heteroatoms. The van der Waals surface area contributed by atoms with Crippen LogP contribution in [0.1, 0.15) is 27.6 Å². The van der Waals surface area contributed by atoms with Crippen LogP contribution in [0.4, 0.5) is 0 Å². The maximum absolute atomic E-state index is 12.3. The molecule has 3 aromatic heterocycles. The number of aryl methyl sites for hydroxylation is 2. The predicted molar refractivity (Wildman–Crippen MR) is 84.6 cm³/mol. The second kappa shape index (κ2) is 6.39. The van der Waals surface area contributed by atoms with Gasteiger partial charge in [-0.2, -0.15) is 0 Å². The van der Waals surface area contributed by atoms with Crippen molar-refractivity contribution in [3.63, 3.8) is 0 Å². The lowest BCUT2D eigenvalue weighted by molar-refractivity contribution is 0.0949. The third kappa shape index (κ3) is 3.42. The van der Waals surface area contributed by atoms with Gasteiger partial charge >= 0.3 is 0 Å². The van der Waals surface area contributed by atoms with Crippen molar-refractivity contribution in [3.05, 3.63) is 65.6 Å². The molecule has 1 N–H and O–H groups in total. The van der Waals surface area contributed by atoms with E-state index in [4.69, 9.17) is 4.42 Å². The average Bonchev–Trinajstić information content (AvgIpc) is 3.07. The van der Waals surface area contributed by atoms with E-state index in [1.165, 1.54) is 0 Å². The summed E-state index contributed by atoms with van der Waals surface area (Å²) in [6, 6.07) is 8.93. The van der Waals surface area contributed by atoms with Crippen LogP contribution in [0.2, 0.25) is 0 Å². The Morgan fingerprint density at radius 1 is 1.17 bits per heavy atom. The van der Waals surface area contributed by atoms with Crippen molar-refractivity contribution < 1.29 is 9.21 Å². The number of amides is 1. The quantitative estimate of drug-likeness (QED) is 0.801. The van der Waals surface area contributed by atoms with Gasteiger partial charge < -0.3 is 9.73 Å². The molecule has 6 nitrogen and oxygen atoms in total. The monoisotopic (exact) mass is 308 g/mol. The number of nitrogens with zero attached hydrogens (tertiary/aromatic N) is 3. The Labute approximate surface area is 133 Å². The topological polar surface area (TPSA) is 80.9 Å². The van der Waals surface area contributed by atoms with Gasteiger partial charge in [0.15, 0.2) is 5.76 Å². The van der Waals surface area contributed by atoms with E-state index in [1.807, 2.05) is 13.0 Å². The first-order valence-corrected chi connectivity index (χ1v) is 7.22. The van der Waals surface area contributed by atoms with Gasteiger partial charge in [-0.25, -0.2) is 15.0 Å². The lowest BCUT2D eigenvalue weighted by Gasteiger charge is -2.08. The smallest absolute Gasteiger partial charge is 0.253 e. The number of carbonyl (C=O) groups excluding carboxylic acids is 1. The summed E-state index contributed by atoms with van der Waals surface area (Å²) >= 11 is 0. The summed E-state index contributed by atoms with van der Waals surface area (Å²) in [6.45, 7) is 3.96. The molecule has 0 saturated carbocycles. The summed E-state index contributed by atoms with van der Waals surface area (Å²) in [5.41, 5.74) is 2.65. The molecule has 0 aliphatic carbocycles. The Hall–Kier alpha value is -3.02. The lowest BCUT2D eigenvalue weighted by atomic mass is 10.1. The fourth-order valence-corrected chi connectivity index (χ4v) is 2.23. The Morgan fingerprint density at radius 2 is 2.04 bits per heavy atom. The highest BCUT2D eigenvalue weighted by atomic mass is 16.3. The average molecular weight is 308 g/mol. The summed E-state index contributed by atoms with van der Waals surface area (Å²) in [5, 5.41) is 2.84. The highest BCUT2D eigenvalue weighted by Crippen LogP contribution is 2.19. The van der Waals surface area contributed by atoms with E-state index in [-0.39, 0.29) is 5.91 Å². The minimum Gasteiger partial charge on any atom is -0.463 e. The third-order valence-corrected chi connectivity index (χ3v) is 3.37. The standard InChI is InChI=1S/C17H16N4O2/c1-11-14(5-6-15(20-11)16-4-3-9-23-16)17(22)19-10-13-7-8-18-12(2)21-13/h3-9H,10H2,1-2H3,(H,19,22). The molecule has 23 heavy (non-hydrogen) atoms. The molecule has 0 saturated heterocycles. The van der Waals surface area contributed by atoms with E-state index in [2.05, 4.69) is 20.3 Å². The number of nitrogens with one attached hydrogen (secondary N) is 1. The molecule has 0 atom stereocenters. The van der Waals surface area contributed by atoms with Crippen LogP contribution in [0.15, 0.2) is 47.2 Å². The summed E-state index contributed by atoms with van der Waals surface area (Å²) in [4.78, 5) is 25.0. The number of hydrogen-bond acceptors (Lipinski definition) is 5. The van der Waals surface area contributed by atoms with E-state index in [0.29, 0.717) is 35.1 Å². The minimum absolute atomic E-state index is 0.183. The summed E-state index contributed by atoms with van der Waals surface area (Å²) in [7, 11) is 0. The fourth-order valence-electron chi connectivity index (χ4n) is 2.23. The Balaban J connectivity index is 1.72. The molecule has 0 fully saturated rings. The number of furan rings is 1. The third-order valence-electron chi connectivity index (χ3n) is 3.37. The van der Waals surface area contributed by atoms with Crippen molar-refractivity contribution in [2.45, 2.75) is 20.4 Å². The Morgan fingerprint density at radius 3 is 2.74 bits per heavy atom. The van der Waals surface area contributed by atoms with Crippen LogP contribution < -0.4 is 5.32 Å². The maximum atomic E-state index is 12.3. The Bertz CT molecular complexity index is 828. The first-order valence-electron chi connectivity index (χ1n) is 7.22. The number of aromatic nitrogens is 3. The number of carbonyl (C=O) groups is 1. The summed E-state index contributed by atoms with van der Waals surface area (Å²) in [6.07, 6.45) is 3.27. The van der Waals surface area contributed by atoms with Crippen molar-refractivity contribution in [2.24, 2.45) is 0 Å². The highest BCUT2D eigenvalue weighted by Gasteiger charge is 2.12. The van der Waals surface area contributed by atoms with Gasteiger partial charge in [-0.3, -0.25) is 4.79 Å². The second-order valence-corrected chi connectivity index (χ2v) is 5.08. The second-order valence-electron chi connectivity index (χ2n) is 5.08. The normalized spacial score (nSPS) is 10.5. The molecule has 0 aromatic carbocycles. The van der Waals surface area contributed by atoms with E-state index in [0.717, 1.165) is 5.69 Å². The van der Waals surface area contributed by atoms with Gasteiger partial charge in [-0.05, 0) is 44.2 Å². The van der Waals surface area contributed by atoms with Gasteiger partial charge in [0, 0.05) is 6.20 Å². The van der Waals surface area contributed by atoms with Crippen molar-refractivity contribution in [2.75, 3.05) is 0 Å².